The second-order valence-corrected chi connectivity index (χ2v) is 6.65. The normalized spacial score (nSPS) is 18.8. The van der Waals surface area contributed by atoms with E-state index in [9.17, 15) is 9.90 Å². The third kappa shape index (κ3) is 4.49. The molecule has 2 heterocycles. The lowest BCUT2D eigenvalue weighted by Crippen LogP contribution is -2.46. The quantitative estimate of drug-likeness (QED) is 0.890. The lowest BCUT2D eigenvalue weighted by molar-refractivity contribution is 0.161. The van der Waals surface area contributed by atoms with Crippen molar-refractivity contribution in [1.82, 2.24) is 20.4 Å². The average Bonchev–Trinajstić information content (AvgIpc) is 3.00. The Morgan fingerprint density at radius 3 is 3.08 bits per heavy atom. The fourth-order valence-corrected chi connectivity index (χ4v) is 3.25. The van der Waals surface area contributed by atoms with E-state index >= 15 is 0 Å². The average molecular weight is 344 g/mol. The maximum Gasteiger partial charge on any atom is 0.317 e. The summed E-state index contributed by atoms with van der Waals surface area (Å²) in [6.45, 7) is 5.13. The van der Waals surface area contributed by atoms with Gasteiger partial charge < -0.3 is 19.8 Å². The van der Waals surface area contributed by atoms with E-state index in [4.69, 9.17) is 4.52 Å². The van der Waals surface area contributed by atoms with Crippen molar-refractivity contribution in [2.24, 2.45) is 5.92 Å². The molecule has 2 N–H and O–H groups in total. The first-order valence-electron chi connectivity index (χ1n) is 8.65. The van der Waals surface area contributed by atoms with Gasteiger partial charge in [0.05, 0.1) is 6.04 Å². The third-order valence-electron chi connectivity index (χ3n) is 4.56. The van der Waals surface area contributed by atoms with Crippen LogP contribution in [-0.2, 0) is 6.42 Å². The van der Waals surface area contributed by atoms with Crippen molar-refractivity contribution in [1.29, 1.82) is 0 Å². The van der Waals surface area contributed by atoms with E-state index in [1.54, 1.807) is 25.1 Å². The van der Waals surface area contributed by atoms with Gasteiger partial charge in [0, 0.05) is 26.4 Å². The van der Waals surface area contributed by atoms with Gasteiger partial charge in [0.1, 0.15) is 5.75 Å². The molecule has 1 aliphatic heterocycles. The number of phenols is 1. The van der Waals surface area contributed by atoms with Gasteiger partial charge in [-0.1, -0.05) is 17.3 Å². The Bertz CT molecular complexity index is 731. The minimum absolute atomic E-state index is 0.0789. The number of carbonyl (C=O) groups excluding carboxylic acids is 1. The highest BCUT2D eigenvalue weighted by molar-refractivity contribution is 5.74. The molecule has 25 heavy (non-hydrogen) atoms. The number of aryl methyl sites for hydroxylation is 1. The number of benzene rings is 1. The maximum atomic E-state index is 12.6. The Morgan fingerprint density at radius 1 is 1.52 bits per heavy atom. The van der Waals surface area contributed by atoms with Gasteiger partial charge in [-0.3, -0.25) is 0 Å². The molecule has 7 nitrogen and oxygen atoms in total. The summed E-state index contributed by atoms with van der Waals surface area (Å²) in [5.41, 5.74) is 0.879. The number of aromatic nitrogens is 2. The summed E-state index contributed by atoms with van der Waals surface area (Å²) in [5, 5.41) is 16.5. The molecular weight excluding hydrogens is 320 g/mol. The van der Waals surface area contributed by atoms with Gasteiger partial charge in [-0.2, -0.15) is 4.98 Å². The van der Waals surface area contributed by atoms with Crippen molar-refractivity contribution in [3.8, 4) is 5.75 Å². The molecule has 0 radical (unpaired) electrons. The summed E-state index contributed by atoms with van der Waals surface area (Å²) in [6.07, 6.45) is 2.75. The molecule has 0 bridgehead atoms. The molecule has 2 atom stereocenters. The van der Waals surface area contributed by atoms with Crippen molar-refractivity contribution in [3.63, 3.8) is 0 Å². The first kappa shape index (κ1) is 17.3. The molecule has 2 amide bonds. The first-order valence-corrected chi connectivity index (χ1v) is 8.65. The van der Waals surface area contributed by atoms with E-state index in [0.29, 0.717) is 24.2 Å². The van der Waals surface area contributed by atoms with Gasteiger partial charge in [0.25, 0.3) is 0 Å². The smallest absolute Gasteiger partial charge is 0.317 e. The molecule has 1 aliphatic rings. The van der Waals surface area contributed by atoms with E-state index in [1.807, 2.05) is 17.9 Å². The fraction of sp³-hybridized carbons (Fsp3) is 0.500. The van der Waals surface area contributed by atoms with Crippen LogP contribution in [0.1, 0.15) is 43.1 Å². The predicted molar refractivity (Wildman–Crippen MR) is 92.1 cm³/mol. The number of phenolic OH excluding ortho intramolecular Hbond substituents is 1. The second kappa shape index (κ2) is 7.55. The molecule has 1 fully saturated rings. The molecule has 134 valence electrons. The van der Waals surface area contributed by atoms with E-state index in [1.165, 1.54) is 0 Å². The highest BCUT2D eigenvalue weighted by atomic mass is 16.5. The summed E-state index contributed by atoms with van der Waals surface area (Å²) in [6, 6.07) is 6.71. The van der Waals surface area contributed by atoms with Crippen LogP contribution in [0.5, 0.6) is 5.75 Å². The largest absolute Gasteiger partial charge is 0.508 e. The Balaban J connectivity index is 1.56. The molecule has 0 unspecified atom stereocenters. The number of hydrogen-bond donors (Lipinski definition) is 2. The van der Waals surface area contributed by atoms with Crippen LogP contribution >= 0.6 is 0 Å². The maximum absolute atomic E-state index is 12.6. The Hall–Kier alpha value is -2.57. The highest BCUT2D eigenvalue weighted by Crippen LogP contribution is 2.22. The minimum atomic E-state index is -0.167. The van der Waals surface area contributed by atoms with Crippen LogP contribution in [0, 0.1) is 12.8 Å². The number of urea groups is 1. The molecule has 1 aromatic heterocycles. The van der Waals surface area contributed by atoms with Gasteiger partial charge in [-0.05, 0) is 43.4 Å². The standard InChI is InChI=1S/C18H24N4O3/c1-12(15-6-3-7-16(23)10-15)19-18(24)22-8-4-5-14(11-22)9-17-20-13(2)25-21-17/h3,6-7,10,12,14,23H,4-5,8-9,11H2,1-2H3,(H,19,24)/t12-,14-/m0/s1. The number of piperidine rings is 1. The van der Waals surface area contributed by atoms with Crippen LogP contribution < -0.4 is 5.32 Å². The van der Waals surface area contributed by atoms with Crippen LogP contribution in [-0.4, -0.2) is 39.3 Å². The van der Waals surface area contributed by atoms with Crippen molar-refractivity contribution in [2.75, 3.05) is 13.1 Å². The summed E-state index contributed by atoms with van der Waals surface area (Å²) in [7, 11) is 0. The van der Waals surface area contributed by atoms with E-state index < -0.39 is 0 Å². The number of likely N-dealkylation sites (tertiary alicyclic amines) is 1. The van der Waals surface area contributed by atoms with Crippen LogP contribution in [0.15, 0.2) is 28.8 Å². The Labute approximate surface area is 147 Å². The molecule has 7 heteroatoms. The van der Waals surface area contributed by atoms with Crippen LogP contribution in [0.4, 0.5) is 4.79 Å². The van der Waals surface area contributed by atoms with E-state index in [2.05, 4.69) is 15.5 Å². The SMILES string of the molecule is Cc1nc(C[C@@H]2CCCN(C(=O)N[C@@H](C)c3cccc(O)c3)C2)no1. The van der Waals surface area contributed by atoms with Crippen LogP contribution in [0.3, 0.4) is 0 Å². The molecule has 3 rings (SSSR count). The number of amides is 2. The zero-order valence-electron chi connectivity index (χ0n) is 14.6. The zero-order valence-corrected chi connectivity index (χ0v) is 14.6. The van der Waals surface area contributed by atoms with Gasteiger partial charge in [0.2, 0.25) is 5.89 Å². The number of carbonyl (C=O) groups is 1. The highest BCUT2D eigenvalue weighted by Gasteiger charge is 2.26. The lowest BCUT2D eigenvalue weighted by Gasteiger charge is -2.33. The molecular formula is C18H24N4O3. The zero-order chi connectivity index (χ0) is 17.8. The van der Waals surface area contributed by atoms with E-state index in [0.717, 1.165) is 31.4 Å². The fourth-order valence-electron chi connectivity index (χ4n) is 3.25. The topological polar surface area (TPSA) is 91.5 Å². The van der Waals surface area contributed by atoms with Gasteiger partial charge in [0.15, 0.2) is 5.82 Å². The number of nitrogens with zero attached hydrogens (tertiary/aromatic N) is 3. The van der Waals surface area contributed by atoms with Crippen molar-refractivity contribution in [2.45, 2.75) is 39.2 Å². The van der Waals surface area contributed by atoms with Crippen LogP contribution in [0.2, 0.25) is 0 Å². The predicted octanol–water partition coefficient (Wildman–Crippen LogP) is 2.81. The third-order valence-corrected chi connectivity index (χ3v) is 4.56. The second-order valence-electron chi connectivity index (χ2n) is 6.65. The number of hydrogen-bond acceptors (Lipinski definition) is 5. The summed E-state index contributed by atoms with van der Waals surface area (Å²) < 4.78 is 5.02. The summed E-state index contributed by atoms with van der Waals surface area (Å²) in [4.78, 5) is 18.7. The molecule has 0 saturated carbocycles. The minimum Gasteiger partial charge on any atom is -0.508 e. The molecule has 0 aliphatic carbocycles. The Morgan fingerprint density at radius 2 is 2.36 bits per heavy atom. The molecule has 2 aromatic rings. The Kier molecular flexibility index (Phi) is 5.21. The monoisotopic (exact) mass is 344 g/mol. The summed E-state index contributed by atoms with van der Waals surface area (Å²) in [5.74, 6) is 1.82. The molecule has 1 saturated heterocycles. The lowest BCUT2D eigenvalue weighted by atomic mass is 9.94. The van der Waals surface area contributed by atoms with Crippen molar-refractivity contribution >= 4 is 6.03 Å². The van der Waals surface area contributed by atoms with Gasteiger partial charge >= 0.3 is 6.03 Å². The summed E-state index contributed by atoms with van der Waals surface area (Å²) >= 11 is 0. The molecule has 0 spiro atoms. The van der Waals surface area contributed by atoms with E-state index in [-0.39, 0.29) is 17.8 Å². The van der Waals surface area contributed by atoms with Crippen LogP contribution in [0.25, 0.3) is 0 Å². The number of nitrogens with one attached hydrogen (secondary N) is 1. The van der Waals surface area contributed by atoms with Crippen molar-refractivity contribution in [3.05, 3.63) is 41.5 Å². The first-order chi connectivity index (χ1) is 12.0. The number of aromatic hydroxyl groups is 1. The molecule has 1 aromatic carbocycles. The number of rotatable bonds is 4. The van der Waals surface area contributed by atoms with Gasteiger partial charge in [-0.25, -0.2) is 4.79 Å². The van der Waals surface area contributed by atoms with Crippen molar-refractivity contribution < 1.29 is 14.4 Å². The van der Waals surface area contributed by atoms with Gasteiger partial charge in [-0.15, -0.1) is 0 Å².